The highest BCUT2D eigenvalue weighted by molar-refractivity contribution is 6.30. The standard InChI is InChI=1S/C13H17ClN2O/c14-13-11(9-16-8-4-3-7-15)10-5-1-2-6-12(10)17-13/h1-2,5-6,16H,3-4,7-9,15H2. The third-order valence-corrected chi connectivity index (χ3v) is 3.06. The Hall–Kier alpha value is -1.03. The number of fused-ring (bicyclic) bond motifs is 1. The van der Waals surface area contributed by atoms with Gasteiger partial charge in [-0.1, -0.05) is 18.2 Å². The minimum atomic E-state index is 0.484. The molecule has 0 saturated heterocycles. The topological polar surface area (TPSA) is 51.2 Å². The molecule has 0 aliphatic heterocycles. The SMILES string of the molecule is NCCCCNCc1c(Cl)oc2ccccc12. The van der Waals surface area contributed by atoms with E-state index < -0.39 is 0 Å². The number of nitrogens with one attached hydrogen (secondary N) is 1. The summed E-state index contributed by atoms with van der Waals surface area (Å²) in [6, 6.07) is 7.90. The summed E-state index contributed by atoms with van der Waals surface area (Å²) < 4.78 is 5.48. The first-order valence-electron chi connectivity index (χ1n) is 5.89. The average Bonchev–Trinajstić information content (AvgIpc) is 2.65. The van der Waals surface area contributed by atoms with Crippen LogP contribution in [0.5, 0.6) is 0 Å². The van der Waals surface area contributed by atoms with Gasteiger partial charge in [-0.25, -0.2) is 0 Å². The van der Waals surface area contributed by atoms with E-state index in [0.29, 0.717) is 5.22 Å². The van der Waals surface area contributed by atoms with E-state index in [4.69, 9.17) is 21.8 Å². The van der Waals surface area contributed by atoms with Crippen molar-refractivity contribution in [3.63, 3.8) is 0 Å². The molecule has 0 unspecified atom stereocenters. The largest absolute Gasteiger partial charge is 0.444 e. The quantitative estimate of drug-likeness (QED) is 0.778. The maximum atomic E-state index is 6.08. The number of rotatable bonds is 6. The molecule has 0 saturated carbocycles. The Balaban J connectivity index is 2.00. The van der Waals surface area contributed by atoms with Crippen LogP contribution < -0.4 is 11.1 Å². The molecule has 0 bridgehead atoms. The Kier molecular flexibility index (Phi) is 4.42. The lowest BCUT2D eigenvalue weighted by atomic mass is 10.2. The van der Waals surface area contributed by atoms with Crippen LogP contribution in [0.2, 0.25) is 5.22 Å². The minimum absolute atomic E-state index is 0.484. The minimum Gasteiger partial charge on any atom is -0.444 e. The van der Waals surface area contributed by atoms with E-state index >= 15 is 0 Å². The van der Waals surface area contributed by atoms with Crippen LogP contribution in [0, 0.1) is 0 Å². The van der Waals surface area contributed by atoms with Gasteiger partial charge in [0.2, 0.25) is 0 Å². The van der Waals surface area contributed by atoms with Crippen LogP contribution in [0.3, 0.4) is 0 Å². The summed E-state index contributed by atoms with van der Waals surface area (Å²) in [7, 11) is 0. The number of furan rings is 1. The van der Waals surface area contributed by atoms with E-state index in [0.717, 1.165) is 49.0 Å². The highest BCUT2D eigenvalue weighted by atomic mass is 35.5. The van der Waals surface area contributed by atoms with Crippen molar-refractivity contribution in [3.8, 4) is 0 Å². The number of unbranched alkanes of at least 4 members (excludes halogenated alkanes) is 1. The highest BCUT2D eigenvalue weighted by Gasteiger charge is 2.10. The monoisotopic (exact) mass is 252 g/mol. The molecular weight excluding hydrogens is 236 g/mol. The van der Waals surface area contributed by atoms with E-state index in [2.05, 4.69) is 5.32 Å². The molecule has 0 aliphatic carbocycles. The van der Waals surface area contributed by atoms with E-state index in [-0.39, 0.29) is 0 Å². The van der Waals surface area contributed by atoms with E-state index in [9.17, 15) is 0 Å². The molecule has 3 nitrogen and oxygen atoms in total. The lowest BCUT2D eigenvalue weighted by Crippen LogP contribution is -2.15. The van der Waals surface area contributed by atoms with E-state index in [1.807, 2.05) is 24.3 Å². The smallest absolute Gasteiger partial charge is 0.199 e. The molecule has 92 valence electrons. The number of nitrogens with two attached hydrogens (primary N) is 1. The van der Waals surface area contributed by atoms with Gasteiger partial charge in [0.25, 0.3) is 0 Å². The predicted octanol–water partition coefficient (Wildman–Crippen LogP) is 2.91. The first-order chi connectivity index (χ1) is 8.33. The summed E-state index contributed by atoms with van der Waals surface area (Å²) in [6.07, 6.45) is 2.14. The molecule has 0 fully saturated rings. The molecule has 3 N–H and O–H groups in total. The van der Waals surface area contributed by atoms with Gasteiger partial charge in [-0.2, -0.15) is 0 Å². The van der Waals surface area contributed by atoms with Crippen molar-refractivity contribution >= 4 is 22.6 Å². The number of hydrogen-bond acceptors (Lipinski definition) is 3. The third-order valence-electron chi connectivity index (χ3n) is 2.76. The number of benzene rings is 1. The van der Waals surface area contributed by atoms with Crippen molar-refractivity contribution in [1.29, 1.82) is 0 Å². The van der Waals surface area contributed by atoms with Crippen LogP contribution in [-0.2, 0) is 6.54 Å². The van der Waals surface area contributed by atoms with Crippen LogP contribution in [0.1, 0.15) is 18.4 Å². The van der Waals surface area contributed by atoms with E-state index in [1.165, 1.54) is 0 Å². The number of hydrogen-bond donors (Lipinski definition) is 2. The van der Waals surface area contributed by atoms with E-state index in [1.54, 1.807) is 0 Å². The Morgan fingerprint density at radius 2 is 2.06 bits per heavy atom. The zero-order chi connectivity index (χ0) is 12.1. The molecule has 0 aliphatic rings. The fourth-order valence-electron chi connectivity index (χ4n) is 1.84. The molecule has 17 heavy (non-hydrogen) atoms. The second-order valence-electron chi connectivity index (χ2n) is 4.02. The number of para-hydroxylation sites is 1. The maximum absolute atomic E-state index is 6.08. The summed E-state index contributed by atoms with van der Waals surface area (Å²) in [6.45, 7) is 2.44. The molecular formula is C13H17ClN2O. The van der Waals surface area contributed by atoms with Crippen LogP contribution in [-0.4, -0.2) is 13.1 Å². The van der Waals surface area contributed by atoms with Gasteiger partial charge in [0.15, 0.2) is 5.22 Å². The van der Waals surface area contributed by atoms with Gasteiger partial charge in [0, 0.05) is 17.5 Å². The summed E-state index contributed by atoms with van der Waals surface area (Å²) in [5.41, 5.74) is 7.32. The molecule has 0 radical (unpaired) electrons. The molecule has 1 aromatic carbocycles. The van der Waals surface area contributed by atoms with Gasteiger partial charge >= 0.3 is 0 Å². The second kappa shape index (κ2) is 6.05. The molecule has 2 aromatic rings. The number of halogens is 1. The lowest BCUT2D eigenvalue weighted by Gasteiger charge is -2.03. The molecule has 0 spiro atoms. The van der Waals surface area contributed by atoms with Crippen molar-refractivity contribution in [1.82, 2.24) is 5.32 Å². The molecule has 1 heterocycles. The van der Waals surface area contributed by atoms with Gasteiger partial charge in [-0.15, -0.1) is 0 Å². The Morgan fingerprint density at radius 1 is 1.24 bits per heavy atom. The van der Waals surface area contributed by atoms with Crippen molar-refractivity contribution < 1.29 is 4.42 Å². The first kappa shape index (κ1) is 12.4. The van der Waals surface area contributed by atoms with Gasteiger partial charge < -0.3 is 15.5 Å². The summed E-state index contributed by atoms with van der Waals surface area (Å²) in [5, 5.41) is 4.93. The van der Waals surface area contributed by atoms with Gasteiger partial charge in [-0.3, -0.25) is 0 Å². The lowest BCUT2D eigenvalue weighted by molar-refractivity contribution is 0.595. The zero-order valence-corrected chi connectivity index (χ0v) is 10.5. The van der Waals surface area contributed by atoms with Crippen LogP contribution in [0.25, 0.3) is 11.0 Å². The van der Waals surface area contributed by atoms with Crippen molar-refractivity contribution in [2.75, 3.05) is 13.1 Å². The Labute approximate surface area is 106 Å². The molecule has 0 atom stereocenters. The summed E-state index contributed by atoms with van der Waals surface area (Å²) >= 11 is 6.08. The van der Waals surface area contributed by atoms with Crippen molar-refractivity contribution in [3.05, 3.63) is 35.0 Å². The molecule has 1 aromatic heterocycles. The summed E-state index contributed by atoms with van der Waals surface area (Å²) in [4.78, 5) is 0. The van der Waals surface area contributed by atoms with Gasteiger partial charge in [0.1, 0.15) is 5.58 Å². The first-order valence-corrected chi connectivity index (χ1v) is 6.27. The molecule has 4 heteroatoms. The van der Waals surface area contributed by atoms with Gasteiger partial charge in [-0.05, 0) is 43.6 Å². The molecule has 2 rings (SSSR count). The van der Waals surface area contributed by atoms with Crippen LogP contribution in [0.4, 0.5) is 0 Å². The van der Waals surface area contributed by atoms with Gasteiger partial charge in [0.05, 0.1) is 0 Å². The van der Waals surface area contributed by atoms with Crippen molar-refractivity contribution in [2.45, 2.75) is 19.4 Å². The maximum Gasteiger partial charge on any atom is 0.199 e. The summed E-state index contributed by atoms with van der Waals surface area (Å²) in [5.74, 6) is 0. The Bertz CT molecular complexity index is 481. The normalized spacial score (nSPS) is 11.2. The fraction of sp³-hybridized carbons (Fsp3) is 0.385. The zero-order valence-electron chi connectivity index (χ0n) is 9.71. The van der Waals surface area contributed by atoms with Crippen LogP contribution >= 0.6 is 11.6 Å². The Morgan fingerprint density at radius 3 is 2.88 bits per heavy atom. The predicted molar refractivity (Wildman–Crippen MR) is 71.2 cm³/mol. The fourth-order valence-corrected chi connectivity index (χ4v) is 2.09. The highest BCUT2D eigenvalue weighted by Crippen LogP contribution is 2.29. The second-order valence-corrected chi connectivity index (χ2v) is 4.37. The molecule has 0 amide bonds. The van der Waals surface area contributed by atoms with Crippen LogP contribution in [0.15, 0.2) is 28.7 Å². The van der Waals surface area contributed by atoms with Crippen molar-refractivity contribution in [2.24, 2.45) is 5.73 Å². The average molecular weight is 253 g/mol. The third kappa shape index (κ3) is 3.00.